The first-order valence-electron chi connectivity index (χ1n) is 7.04. The molecule has 0 saturated carbocycles. The van der Waals surface area contributed by atoms with E-state index < -0.39 is 0 Å². The molecule has 4 heteroatoms. The predicted octanol–water partition coefficient (Wildman–Crippen LogP) is 3.11. The van der Waals surface area contributed by atoms with E-state index in [0.717, 1.165) is 17.5 Å². The molecule has 108 valence electrons. The molecule has 3 aromatic rings. The fourth-order valence-corrected chi connectivity index (χ4v) is 2.63. The Morgan fingerprint density at radius 2 is 2.05 bits per heavy atom. The summed E-state index contributed by atoms with van der Waals surface area (Å²) in [5.41, 5.74) is 9.07. The van der Waals surface area contributed by atoms with Crippen molar-refractivity contribution in [1.82, 2.24) is 9.55 Å². The Balaban J connectivity index is 1.90. The average Bonchev–Trinajstić information content (AvgIpc) is 2.81. The van der Waals surface area contributed by atoms with Crippen LogP contribution in [0.5, 0.6) is 0 Å². The second-order valence-corrected chi connectivity index (χ2v) is 5.53. The Hall–Kier alpha value is -2.20. The second kappa shape index (κ2) is 5.66. The van der Waals surface area contributed by atoms with Gasteiger partial charge in [0.15, 0.2) is 0 Å². The lowest BCUT2D eigenvalue weighted by molar-refractivity contribution is 0.617. The maximum Gasteiger partial charge on any atom is 0.141 e. The van der Waals surface area contributed by atoms with Crippen LogP contribution in [0.4, 0.5) is 4.39 Å². The minimum Gasteiger partial charge on any atom is -0.343 e. The van der Waals surface area contributed by atoms with Crippen LogP contribution < -0.4 is 5.73 Å². The van der Waals surface area contributed by atoms with Crippen LogP contribution in [0, 0.1) is 5.82 Å². The number of rotatable bonds is 4. The third-order valence-corrected chi connectivity index (χ3v) is 3.51. The van der Waals surface area contributed by atoms with Crippen molar-refractivity contribution in [2.45, 2.75) is 25.9 Å². The summed E-state index contributed by atoms with van der Waals surface area (Å²) in [7, 11) is 0. The fourth-order valence-electron chi connectivity index (χ4n) is 2.63. The van der Waals surface area contributed by atoms with Gasteiger partial charge in [-0.25, -0.2) is 4.39 Å². The van der Waals surface area contributed by atoms with E-state index in [1.54, 1.807) is 6.20 Å². The molecule has 0 saturated heterocycles. The summed E-state index contributed by atoms with van der Waals surface area (Å²) >= 11 is 0. The summed E-state index contributed by atoms with van der Waals surface area (Å²) in [6, 6.07) is 10.1. The zero-order valence-corrected chi connectivity index (χ0v) is 12.0. The number of hydrogen-bond donors (Lipinski definition) is 1. The minimum absolute atomic E-state index is 0.155. The molecule has 0 amide bonds. The highest BCUT2D eigenvalue weighted by Crippen LogP contribution is 2.19. The Bertz CT molecular complexity index is 762. The minimum atomic E-state index is -0.303. The summed E-state index contributed by atoms with van der Waals surface area (Å²) in [4.78, 5) is 3.89. The van der Waals surface area contributed by atoms with Crippen molar-refractivity contribution in [2.75, 3.05) is 0 Å². The molecule has 0 radical (unpaired) electrons. The summed E-state index contributed by atoms with van der Waals surface area (Å²) in [5, 5.41) is 1.18. The number of nitrogens with zero attached hydrogens (tertiary/aromatic N) is 2. The molecule has 0 aliphatic rings. The van der Waals surface area contributed by atoms with Crippen molar-refractivity contribution >= 4 is 10.9 Å². The molecule has 1 aromatic carbocycles. The van der Waals surface area contributed by atoms with Gasteiger partial charge in [0.25, 0.3) is 0 Å². The Morgan fingerprint density at radius 1 is 1.19 bits per heavy atom. The molecule has 0 bridgehead atoms. The quantitative estimate of drug-likeness (QED) is 0.799. The van der Waals surface area contributed by atoms with Crippen LogP contribution in [0.25, 0.3) is 10.9 Å². The Morgan fingerprint density at radius 3 is 2.81 bits per heavy atom. The molecule has 2 aromatic heterocycles. The molecule has 1 atom stereocenters. The number of hydrogen-bond acceptors (Lipinski definition) is 2. The standard InChI is InChI=1S/C17H18FN3/c1-12(19)6-13-2-3-17-15(7-13)4-5-21(17)11-14-8-16(18)10-20-9-14/h2-5,7-10,12H,6,11,19H2,1H3. The molecule has 2 N–H and O–H groups in total. The molecular weight excluding hydrogens is 265 g/mol. The molecule has 0 aliphatic carbocycles. The van der Waals surface area contributed by atoms with Gasteiger partial charge in [-0.1, -0.05) is 6.07 Å². The van der Waals surface area contributed by atoms with E-state index in [0.29, 0.717) is 6.54 Å². The van der Waals surface area contributed by atoms with E-state index in [1.165, 1.54) is 23.2 Å². The third kappa shape index (κ3) is 3.11. The van der Waals surface area contributed by atoms with Crippen molar-refractivity contribution in [1.29, 1.82) is 0 Å². The highest BCUT2D eigenvalue weighted by molar-refractivity contribution is 5.81. The van der Waals surface area contributed by atoms with Crippen LogP contribution in [0.1, 0.15) is 18.1 Å². The van der Waals surface area contributed by atoms with Gasteiger partial charge in [0.2, 0.25) is 0 Å². The van der Waals surface area contributed by atoms with Gasteiger partial charge in [0, 0.05) is 30.5 Å². The topological polar surface area (TPSA) is 43.8 Å². The number of nitrogens with two attached hydrogens (primary N) is 1. The average molecular weight is 283 g/mol. The number of pyridine rings is 1. The van der Waals surface area contributed by atoms with Crippen molar-refractivity contribution in [2.24, 2.45) is 5.73 Å². The molecule has 0 fully saturated rings. The summed E-state index contributed by atoms with van der Waals surface area (Å²) < 4.78 is 15.3. The SMILES string of the molecule is CC(N)Cc1ccc2c(ccn2Cc2cncc(F)c2)c1. The lowest BCUT2D eigenvalue weighted by Gasteiger charge is -2.08. The van der Waals surface area contributed by atoms with E-state index in [1.807, 2.05) is 13.1 Å². The summed E-state index contributed by atoms with van der Waals surface area (Å²) in [6.07, 6.45) is 5.80. The molecular formula is C17H18FN3. The molecule has 0 aliphatic heterocycles. The van der Waals surface area contributed by atoms with Crippen LogP contribution in [0.3, 0.4) is 0 Å². The van der Waals surface area contributed by atoms with E-state index in [2.05, 4.69) is 33.8 Å². The maximum atomic E-state index is 13.2. The predicted molar refractivity (Wildman–Crippen MR) is 82.6 cm³/mol. The normalized spacial score (nSPS) is 12.7. The lowest BCUT2D eigenvalue weighted by Crippen LogP contribution is -2.17. The van der Waals surface area contributed by atoms with Gasteiger partial charge in [-0.3, -0.25) is 4.98 Å². The van der Waals surface area contributed by atoms with Gasteiger partial charge >= 0.3 is 0 Å². The van der Waals surface area contributed by atoms with E-state index in [-0.39, 0.29) is 11.9 Å². The number of aromatic nitrogens is 2. The van der Waals surface area contributed by atoms with Gasteiger partial charge in [-0.15, -0.1) is 0 Å². The lowest BCUT2D eigenvalue weighted by atomic mass is 10.1. The summed E-state index contributed by atoms with van der Waals surface area (Å²) in [6.45, 7) is 2.62. The van der Waals surface area contributed by atoms with Crippen LogP contribution >= 0.6 is 0 Å². The van der Waals surface area contributed by atoms with Gasteiger partial charge in [-0.05, 0) is 54.1 Å². The molecule has 1 unspecified atom stereocenters. The highest BCUT2D eigenvalue weighted by atomic mass is 19.1. The van der Waals surface area contributed by atoms with E-state index in [4.69, 9.17) is 5.73 Å². The van der Waals surface area contributed by atoms with Crippen LogP contribution in [-0.2, 0) is 13.0 Å². The zero-order chi connectivity index (χ0) is 14.8. The fraction of sp³-hybridized carbons (Fsp3) is 0.235. The first kappa shape index (κ1) is 13.8. The Labute approximate surface area is 123 Å². The molecule has 3 nitrogen and oxygen atoms in total. The maximum absolute atomic E-state index is 13.2. The van der Waals surface area contributed by atoms with Gasteiger partial charge in [-0.2, -0.15) is 0 Å². The van der Waals surface area contributed by atoms with Crippen molar-refractivity contribution < 1.29 is 4.39 Å². The van der Waals surface area contributed by atoms with E-state index in [9.17, 15) is 4.39 Å². The molecule has 3 rings (SSSR count). The van der Waals surface area contributed by atoms with E-state index >= 15 is 0 Å². The summed E-state index contributed by atoms with van der Waals surface area (Å²) in [5.74, 6) is -0.303. The molecule has 2 heterocycles. The first-order valence-corrected chi connectivity index (χ1v) is 7.04. The van der Waals surface area contributed by atoms with Gasteiger partial charge < -0.3 is 10.3 Å². The molecule has 21 heavy (non-hydrogen) atoms. The monoisotopic (exact) mass is 283 g/mol. The zero-order valence-electron chi connectivity index (χ0n) is 12.0. The van der Waals surface area contributed by atoms with Crippen LogP contribution in [-0.4, -0.2) is 15.6 Å². The largest absolute Gasteiger partial charge is 0.343 e. The third-order valence-electron chi connectivity index (χ3n) is 3.51. The molecule has 0 spiro atoms. The van der Waals surface area contributed by atoms with Crippen LogP contribution in [0.2, 0.25) is 0 Å². The van der Waals surface area contributed by atoms with Crippen molar-refractivity contribution in [3.63, 3.8) is 0 Å². The van der Waals surface area contributed by atoms with Crippen molar-refractivity contribution in [3.05, 3.63) is 65.9 Å². The van der Waals surface area contributed by atoms with Gasteiger partial charge in [0.1, 0.15) is 5.82 Å². The smallest absolute Gasteiger partial charge is 0.141 e. The number of halogens is 1. The van der Waals surface area contributed by atoms with Crippen molar-refractivity contribution in [3.8, 4) is 0 Å². The Kier molecular flexibility index (Phi) is 3.71. The first-order chi connectivity index (χ1) is 10.1. The second-order valence-electron chi connectivity index (χ2n) is 5.53. The van der Waals surface area contributed by atoms with Gasteiger partial charge in [0.05, 0.1) is 6.20 Å². The number of fused-ring (bicyclic) bond motifs is 1. The number of benzene rings is 1. The highest BCUT2D eigenvalue weighted by Gasteiger charge is 2.05. The van der Waals surface area contributed by atoms with Crippen LogP contribution in [0.15, 0.2) is 48.9 Å².